The van der Waals surface area contributed by atoms with E-state index in [1.807, 2.05) is 0 Å². The van der Waals surface area contributed by atoms with Gasteiger partial charge in [-0.05, 0) is 40.6 Å². The molecule has 1 rings (SSSR count). The monoisotopic (exact) mass is 397 g/mol. The van der Waals surface area contributed by atoms with Crippen molar-refractivity contribution in [2.75, 3.05) is 0 Å². The minimum absolute atomic E-state index is 0.0844. The molecule has 0 aliphatic rings. The molecule has 96 valence electrons. The van der Waals surface area contributed by atoms with Crippen molar-refractivity contribution >= 4 is 54.8 Å². The first-order valence-electron chi connectivity index (χ1n) is 4.42. The van der Waals surface area contributed by atoms with Crippen LogP contribution in [0.25, 0.3) is 0 Å². The molecule has 0 N–H and O–H groups in total. The Morgan fingerprint density at radius 2 is 1.88 bits per heavy atom. The molecule has 17 heavy (non-hydrogen) atoms. The van der Waals surface area contributed by atoms with Gasteiger partial charge in [0.2, 0.25) is 9.05 Å². The molecule has 0 heterocycles. The molecule has 0 aliphatic carbocycles. The number of rotatable bonds is 3. The molecular weight excluding hydrogens is 390 g/mol. The van der Waals surface area contributed by atoms with Crippen LogP contribution in [0.15, 0.2) is 12.1 Å². The van der Waals surface area contributed by atoms with Gasteiger partial charge in [0.05, 0.1) is 5.75 Å². The van der Waals surface area contributed by atoms with Gasteiger partial charge in [-0.15, -0.1) is 5.46 Å². The van der Waals surface area contributed by atoms with Crippen molar-refractivity contribution < 1.29 is 21.4 Å². The van der Waals surface area contributed by atoms with E-state index < -0.39 is 27.2 Å². The Bertz CT molecular complexity index is 544. The fourth-order valence-corrected chi connectivity index (χ4v) is 3.01. The predicted molar refractivity (Wildman–Crippen MR) is 71.1 cm³/mol. The summed E-state index contributed by atoms with van der Waals surface area (Å²) < 4.78 is 60.0. The summed E-state index contributed by atoms with van der Waals surface area (Å²) in [6.07, 6.45) is 0. The van der Waals surface area contributed by atoms with Crippen LogP contribution in [0, 0.1) is 10.5 Å². The quantitative estimate of drug-likeness (QED) is 0.447. The van der Waals surface area contributed by atoms with Gasteiger partial charge >= 0.3 is 6.98 Å². The largest absolute Gasteiger partial charge is 0.509 e. The van der Waals surface area contributed by atoms with E-state index in [-0.39, 0.29) is 5.56 Å². The summed E-state index contributed by atoms with van der Waals surface area (Å²) >= 11 is 1.74. The fourth-order valence-electron chi connectivity index (χ4n) is 1.28. The molecule has 0 spiro atoms. The van der Waals surface area contributed by atoms with Crippen LogP contribution in [0.5, 0.6) is 0 Å². The average molecular weight is 397 g/mol. The van der Waals surface area contributed by atoms with Crippen LogP contribution in [0.4, 0.5) is 12.9 Å². The SMILES string of the molecule is Cc1c(I)cc([B-](F)(F)F)cc1CS(=O)(=O)Cl. The number of benzene rings is 1. The Balaban J connectivity index is 3.36. The van der Waals surface area contributed by atoms with Gasteiger partial charge in [-0.1, -0.05) is 12.1 Å². The Hall–Kier alpha value is 0.0449. The Labute approximate surface area is 115 Å². The van der Waals surface area contributed by atoms with Crippen molar-refractivity contribution in [3.63, 3.8) is 0 Å². The van der Waals surface area contributed by atoms with Crippen LogP contribution < -0.4 is 5.46 Å². The van der Waals surface area contributed by atoms with Gasteiger partial charge in [0, 0.05) is 14.3 Å². The van der Waals surface area contributed by atoms with Gasteiger partial charge in [0.1, 0.15) is 0 Å². The summed E-state index contributed by atoms with van der Waals surface area (Å²) in [5, 5.41) is 0. The summed E-state index contributed by atoms with van der Waals surface area (Å²) in [5.74, 6) is -0.601. The van der Waals surface area contributed by atoms with E-state index in [1.54, 1.807) is 29.5 Å². The van der Waals surface area contributed by atoms with Gasteiger partial charge in [-0.25, -0.2) is 8.42 Å². The standard InChI is InChI=1S/C8H7BClF3IO2S/c1-5-6(4-17(10,15)16)2-7(3-8(5)14)9(11,12)13/h2-3H,4H2,1H3/q-1. The number of hydrogen-bond donors (Lipinski definition) is 0. The molecule has 0 aliphatic heterocycles. The Morgan fingerprint density at radius 1 is 1.35 bits per heavy atom. The number of hydrogen-bond acceptors (Lipinski definition) is 2. The van der Waals surface area contributed by atoms with Crippen molar-refractivity contribution in [2.24, 2.45) is 0 Å². The molecule has 1 aromatic carbocycles. The van der Waals surface area contributed by atoms with Gasteiger partial charge in [0.25, 0.3) is 0 Å². The minimum atomic E-state index is -5.15. The zero-order chi connectivity index (χ0) is 13.4. The molecule has 0 fully saturated rings. The van der Waals surface area contributed by atoms with Crippen molar-refractivity contribution in [1.82, 2.24) is 0 Å². The van der Waals surface area contributed by atoms with E-state index in [4.69, 9.17) is 10.7 Å². The van der Waals surface area contributed by atoms with E-state index >= 15 is 0 Å². The first-order valence-corrected chi connectivity index (χ1v) is 7.97. The second-order valence-corrected chi connectivity index (χ2v) is 7.48. The lowest BCUT2D eigenvalue weighted by molar-refractivity contribution is 0.501. The lowest BCUT2D eigenvalue weighted by atomic mass is 9.79. The van der Waals surface area contributed by atoms with Crippen LogP contribution >= 0.6 is 33.3 Å². The molecule has 0 saturated carbocycles. The van der Waals surface area contributed by atoms with Crippen LogP contribution in [0.1, 0.15) is 11.1 Å². The summed E-state index contributed by atoms with van der Waals surface area (Å²) in [4.78, 5) is 0. The summed E-state index contributed by atoms with van der Waals surface area (Å²) in [7, 11) is 1.18. The topological polar surface area (TPSA) is 34.1 Å². The maximum absolute atomic E-state index is 12.6. The van der Waals surface area contributed by atoms with Crippen LogP contribution in [-0.4, -0.2) is 15.4 Å². The molecule has 0 saturated heterocycles. The molecule has 0 atom stereocenters. The molecule has 9 heteroatoms. The molecule has 0 radical (unpaired) electrons. The molecule has 0 amide bonds. The molecule has 2 nitrogen and oxygen atoms in total. The normalized spacial score (nSPS) is 12.8. The highest BCUT2D eigenvalue weighted by molar-refractivity contribution is 14.1. The van der Waals surface area contributed by atoms with Gasteiger partial charge in [-0.3, -0.25) is 0 Å². The van der Waals surface area contributed by atoms with Crippen molar-refractivity contribution in [2.45, 2.75) is 12.7 Å². The third-order valence-corrected chi connectivity index (χ3v) is 4.28. The van der Waals surface area contributed by atoms with Crippen molar-refractivity contribution in [1.29, 1.82) is 0 Å². The van der Waals surface area contributed by atoms with E-state index in [1.165, 1.54) is 0 Å². The lowest BCUT2D eigenvalue weighted by Gasteiger charge is -2.18. The van der Waals surface area contributed by atoms with Gasteiger partial charge < -0.3 is 12.9 Å². The Kier molecular flexibility index (Phi) is 4.41. The first-order chi connectivity index (χ1) is 7.50. The van der Waals surface area contributed by atoms with Crippen LogP contribution in [0.3, 0.4) is 0 Å². The molecular formula is C8H7BClF3IO2S-. The average Bonchev–Trinajstić information content (AvgIpc) is 2.08. The fraction of sp³-hybridized carbons (Fsp3) is 0.250. The van der Waals surface area contributed by atoms with Crippen LogP contribution in [0.2, 0.25) is 0 Å². The highest BCUT2D eigenvalue weighted by atomic mass is 127. The highest BCUT2D eigenvalue weighted by Gasteiger charge is 2.27. The predicted octanol–water partition coefficient (Wildman–Crippen LogP) is 2.72. The van der Waals surface area contributed by atoms with Crippen molar-refractivity contribution in [3.8, 4) is 0 Å². The second kappa shape index (κ2) is 4.97. The second-order valence-electron chi connectivity index (χ2n) is 3.54. The van der Waals surface area contributed by atoms with E-state index in [0.29, 0.717) is 9.13 Å². The van der Waals surface area contributed by atoms with Crippen LogP contribution in [-0.2, 0) is 14.8 Å². The summed E-state index contributed by atoms with van der Waals surface area (Å²) in [5.41, 5.74) is -0.227. The molecule has 1 aromatic rings. The maximum atomic E-state index is 12.6. The van der Waals surface area contributed by atoms with Crippen molar-refractivity contribution in [3.05, 3.63) is 26.8 Å². The third-order valence-electron chi connectivity index (χ3n) is 2.18. The van der Waals surface area contributed by atoms with E-state index in [9.17, 15) is 21.4 Å². The zero-order valence-electron chi connectivity index (χ0n) is 8.55. The Morgan fingerprint density at radius 3 is 2.29 bits per heavy atom. The van der Waals surface area contributed by atoms with Gasteiger partial charge in [0.15, 0.2) is 0 Å². The summed E-state index contributed by atoms with van der Waals surface area (Å²) in [6, 6.07) is 1.84. The smallest absolute Gasteiger partial charge is 0.445 e. The number of halogens is 5. The van der Waals surface area contributed by atoms with E-state index in [2.05, 4.69) is 0 Å². The summed E-state index contributed by atoms with van der Waals surface area (Å²) in [6.45, 7) is -3.59. The minimum Gasteiger partial charge on any atom is -0.445 e. The zero-order valence-corrected chi connectivity index (χ0v) is 12.3. The molecule has 0 aromatic heterocycles. The first kappa shape index (κ1) is 15.1. The molecule has 0 bridgehead atoms. The molecule has 0 unspecified atom stereocenters. The van der Waals surface area contributed by atoms with Gasteiger partial charge in [-0.2, -0.15) is 0 Å². The maximum Gasteiger partial charge on any atom is 0.509 e. The highest BCUT2D eigenvalue weighted by Crippen LogP contribution is 2.21. The van der Waals surface area contributed by atoms with E-state index in [0.717, 1.165) is 12.1 Å². The third kappa shape index (κ3) is 4.33. The lowest BCUT2D eigenvalue weighted by Crippen LogP contribution is -2.35.